The van der Waals surface area contributed by atoms with E-state index in [1.165, 1.54) is 6.21 Å². The molecule has 1 heterocycles. The van der Waals surface area contributed by atoms with Crippen LogP contribution in [0.25, 0.3) is 0 Å². The van der Waals surface area contributed by atoms with Gasteiger partial charge in [-0.15, -0.1) is 5.10 Å². The number of hydrogen-bond donors (Lipinski definition) is 1. The lowest BCUT2D eigenvalue weighted by atomic mass is 10.2. The van der Waals surface area contributed by atoms with Gasteiger partial charge in [0.05, 0.1) is 19.4 Å². The maximum absolute atomic E-state index is 12.9. The minimum absolute atomic E-state index is 0.253. The highest BCUT2D eigenvalue weighted by Gasteiger charge is 2.37. The number of rotatable bonds is 7. The largest absolute Gasteiger partial charge is 0.490 e. The molecule has 0 radical (unpaired) electrons. The molecule has 0 bridgehead atoms. The predicted molar refractivity (Wildman–Crippen MR) is 88.8 cm³/mol. The van der Waals surface area contributed by atoms with Crippen LogP contribution in [0.1, 0.15) is 31.7 Å². The molecule has 1 aromatic carbocycles. The van der Waals surface area contributed by atoms with Gasteiger partial charge >= 0.3 is 6.18 Å². The van der Waals surface area contributed by atoms with Gasteiger partial charge in [0.2, 0.25) is 4.77 Å². The lowest BCUT2D eigenvalue weighted by Crippen LogP contribution is -2.12. The first-order valence-corrected chi connectivity index (χ1v) is 7.96. The molecule has 1 aromatic heterocycles. The van der Waals surface area contributed by atoms with Gasteiger partial charge in [0.25, 0.3) is 5.82 Å². The lowest BCUT2D eigenvalue weighted by molar-refractivity contribution is -0.147. The van der Waals surface area contributed by atoms with Crippen LogP contribution in [0.5, 0.6) is 11.5 Å². The Balaban J connectivity index is 2.31. The molecule has 1 N–H and O–H groups in total. The van der Waals surface area contributed by atoms with Gasteiger partial charge in [-0.2, -0.15) is 22.9 Å². The third-order valence-corrected chi connectivity index (χ3v) is 3.22. The minimum Gasteiger partial charge on any atom is -0.490 e. The number of hydrogen-bond acceptors (Lipinski definition) is 5. The van der Waals surface area contributed by atoms with Gasteiger partial charge in [0.15, 0.2) is 11.5 Å². The van der Waals surface area contributed by atoms with E-state index in [2.05, 4.69) is 15.3 Å². The molecule has 2 aromatic rings. The molecule has 0 amide bonds. The topological polar surface area (TPSA) is 64.4 Å². The van der Waals surface area contributed by atoms with E-state index in [9.17, 15) is 13.2 Å². The molecule has 25 heavy (non-hydrogen) atoms. The molecular formula is C15H17F3N4O2S. The van der Waals surface area contributed by atoms with Crippen LogP contribution < -0.4 is 9.47 Å². The third kappa shape index (κ3) is 4.81. The minimum atomic E-state index is -4.67. The molecule has 2 rings (SSSR count). The van der Waals surface area contributed by atoms with Crippen molar-refractivity contribution < 1.29 is 22.6 Å². The maximum Gasteiger partial charge on any atom is 0.453 e. The Labute approximate surface area is 147 Å². The first-order chi connectivity index (χ1) is 11.9. The number of aromatic nitrogens is 3. The average molecular weight is 374 g/mol. The third-order valence-electron chi connectivity index (χ3n) is 2.96. The number of alkyl halides is 3. The second-order valence-corrected chi connectivity index (χ2v) is 5.28. The van der Waals surface area contributed by atoms with E-state index in [-0.39, 0.29) is 4.77 Å². The van der Waals surface area contributed by atoms with Crippen molar-refractivity contribution in [2.45, 2.75) is 26.4 Å². The Morgan fingerprint density at radius 2 is 2.04 bits per heavy atom. The Morgan fingerprint density at radius 1 is 1.28 bits per heavy atom. The van der Waals surface area contributed by atoms with Gasteiger partial charge in [-0.05, 0) is 49.3 Å². The zero-order valence-corrected chi connectivity index (χ0v) is 14.4. The molecule has 6 nitrogen and oxygen atoms in total. The van der Waals surface area contributed by atoms with Crippen LogP contribution in [0.4, 0.5) is 13.2 Å². The number of aromatic amines is 1. The quantitative estimate of drug-likeness (QED) is 0.587. The highest BCUT2D eigenvalue weighted by molar-refractivity contribution is 7.71. The van der Waals surface area contributed by atoms with Crippen molar-refractivity contribution in [1.29, 1.82) is 0 Å². The summed E-state index contributed by atoms with van der Waals surface area (Å²) in [4.78, 5) is 0. The van der Waals surface area contributed by atoms with Gasteiger partial charge in [-0.3, -0.25) is 0 Å². The van der Waals surface area contributed by atoms with Gasteiger partial charge in [-0.1, -0.05) is 6.92 Å². The summed E-state index contributed by atoms with van der Waals surface area (Å²) in [6, 6.07) is 4.98. The zero-order valence-electron chi connectivity index (χ0n) is 13.6. The Morgan fingerprint density at radius 3 is 2.68 bits per heavy atom. The summed E-state index contributed by atoms with van der Waals surface area (Å²) in [5, 5.41) is 9.01. The van der Waals surface area contributed by atoms with E-state index in [0.29, 0.717) is 35.0 Å². The number of nitrogens with zero attached hydrogens (tertiary/aromatic N) is 3. The second-order valence-electron chi connectivity index (χ2n) is 4.89. The first kappa shape index (κ1) is 19.0. The summed E-state index contributed by atoms with van der Waals surface area (Å²) in [5.74, 6) is -0.162. The number of ether oxygens (including phenoxy) is 2. The van der Waals surface area contributed by atoms with Crippen LogP contribution in [0.15, 0.2) is 23.3 Å². The summed E-state index contributed by atoms with van der Waals surface area (Å²) in [6.45, 7) is 4.76. The van der Waals surface area contributed by atoms with Crippen LogP contribution in [-0.4, -0.2) is 34.3 Å². The number of nitrogens with one attached hydrogen (secondary N) is 1. The summed E-state index contributed by atoms with van der Waals surface area (Å²) >= 11 is 4.78. The molecule has 0 aliphatic rings. The lowest BCUT2D eigenvalue weighted by Gasteiger charge is -2.11. The summed E-state index contributed by atoms with van der Waals surface area (Å²) in [6.07, 6.45) is -2.58. The van der Waals surface area contributed by atoms with Crippen LogP contribution in [0.2, 0.25) is 0 Å². The van der Waals surface area contributed by atoms with Crippen LogP contribution >= 0.6 is 12.2 Å². The second kappa shape index (κ2) is 8.15. The molecule has 0 spiro atoms. The van der Waals surface area contributed by atoms with E-state index in [0.717, 1.165) is 6.42 Å². The molecule has 0 saturated carbocycles. The fourth-order valence-electron chi connectivity index (χ4n) is 1.91. The average Bonchev–Trinajstić information content (AvgIpc) is 2.93. The van der Waals surface area contributed by atoms with Crippen molar-refractivity contribution in [3.63, 3.8) is 0 Å². The van der Waals surface area contributed by atoms with Crippen molar-refractivity contribution in [2.24, 2.45) is 5.10 Å². The van der Waals surface area contributed by atoms with Crippen molar-refractivity contribution in [1.82, 2.24) is 14.9 Å². The standard InChI is InChI=1S/C15H17F3N4O2S/c1-3-7-24-11-6-5-10(8-12(11)23-4-2)9-19-22-13(15(16,17)18)20-21-14(22)25/h5-6,8-9H,3-4,7H2,1-2H3,(H,21,25)/b19-9-. The highest BCUT2D eigenvalue weighted by Crippen LogP contribution is 2.29. The maximum atomic E-state index is 12.9. The summed E-state index contributed by atoms with van der Waals surface area (Å²) in [5.41, 5.74) is 0.531. The number of benzene rings is 1. The smallest absolute Gasteiger partial charge is 0.453 e. The van der Waals surface area contributed by atoms with Crippen LogP contribution in [0.3, 0.4) is 0 Å². The number of halogens is 3. The van der Waals surface area contributed by atoms with Gasteiger partial charge in [0.1, 0.15) is 0 Å². The SMILES string of the molecule is CCCOc1ccc(/C=N\n2c(C(F)(F)F)n[nH]c2=S)cc1OCC. The molecule has 0 aliphatic heterocycles. The molecule has 0 fully saturated rings. The van der Waals surface area contributed by atoms with E-state index < -0.39 is 12.0 Å². The number of H-pyrrole nitrogens is 1. The molecular weight excluding hydrogens is 357 g/mol. The molecule has 0 aliphatic carbocycles. The summed E-state index contributed by atoms with van der Waals surface area (Å²) < 4.78 is 49.9. The van der Waals surface area contributed by atoms with E-state index in [4.69, 9.17) is 21.7 Å². The molecule has 10 heteroatoms. The molecule has 0 unspecified atom stereocenters. The van der Waals surface area contributed by atoms with Gasteiger partial charge < -0.3 is 9.47 Å². The Bertz CT molecular complexity index is 799. The van der Waals surface area contributed by atoms with Crippen LogP contribution in [-0.2, 0) is 6.18 Å². The predicted octanol–water partition coefficient (Wildman–Crippen LogP) is 4.03. The monoisotopic (exact) mass is 374 g/mol. The van der Waals surface area contributed by atoms with Gasteiger partial charge in [-0.25, -0.2) is 5.10 Å². The fourth-order valence-corrected chi connectivity index (χ4v) is 2.09. The molecule has 136 valence electrons. The molecule has 0 atom stereocenters. The van der Waals surface area contributed by atoms with E-state index >= 15 is 0 Å². The van der Waals surface area contributed by atoms with Crippen molar-refractivity contribution in [2.75, 3.05) is 13.2 Å². The Kier molecular flexibility index (Phi) is 6.18. The van der Waals surface area contributed by atoms with Crippen molar-refractivity contribution >= 4 is 18.4 Å². The first-order valence-electron chi connectivity index (χ1n) is 7.55. The normalized spacial score (nSPS) is 11.9. The van der Waals surface area contributed by atoms with Gasteiger partial charge in [0, 0.05) is 0 Å². The van der Waals surface area contributed by atoms with Crippen molar-refractivity contribution in [3.05, 3.63) is 34.4 Å². The molecule has 0 saturated heterocycles. The summed E-state index contributed by atoms with van der Waals surface area (Å²) in [7, 11) is 0. The zero-order chi connectivity index (χ0) is 18.4. The van der Waals surface area contributed by atoms with Crippen molar-refractivity contribution in [3.8, 4) is 11.5 Å². The van der Waals surface area contributed by atoms with E-state index in [1.807, 2.05) is 13.8 Å². The highest BCUT2D eigenvalue weighted by atomic mass is 32.1. The van der Waals surface area contributed by atoms with E-state index in [1.54, 1.807) is 18.2 Å². The van der Waals surface area contributed by atoms with Crippen LogP contribution in [0, 0.1) is 4.77 Å². The fraction of sp³-hybridized carbons (Fsp3) is 0.400. The Hall–Kier alpha value is -2.36.